The molecule has 4 nitrogen and oxygen atoms in total. The van der Waals surface area contributed by atoms with Crippen LogP contribution in [-0.2, 0) is 0 Å². The van der Waals surface area contributed by atoms with Gasteiger partial charge in [-0.1, -0.05) is 36.4 Å². The summed E-state index contributed by atoms with van der Waals surface area (Å²) in [6.45, 7) is 0.356. The Balaban J connectivity index is 1.98. The van der Waals surface area contributed by atoms with E-state index >= 15 is 0 Å². The lowest BCUT2D eigenvalue weighted by Gasteiger charge is -2.18. The fourth-order valence-corrected chi connectivity index (χ4v) is 2.59. The number of H-pyrrole nitrogens is 1. The lowest BCUT2D eigenvalue weighted by atomic mass is 9.90. The van der Waals surface area contributed by atoms with Gasteiger partial charge in [-0.15, -0.1) is 0 Å². The van der Waals surface area contributed by atoms with Gasteiger partial charge in [-0.25, -0.2) is 4.79 Å². The Morgan fingerprint density at radius 2 is 1.90 bits per heavy atom. The van der Waals surface area contributed by atoms with Crippen LogP contribution in [-0.4, -0.2) is 22.7 Å². The molecule has 1 unspecified atom stereocenters. The lowest BCUT2D eigenvalue weighted by molar-refractivity contribution is 0.194. The van der Waals surface area contributed by atoms with E-state index in [1.807, 2.05) is 54.7 Å². The zero-order chi connectivity index (χ0) is 14.7. The minimum atomic E-state index is -1.00. The fourth-order valence-electron chi connectivity index (χ4n) is 2.59. The van der Waals surface area contributed by atoms with Crippen LogP contribution >= 0.6 is 0 Å². The molecule has 1 aromatic heterocycles. The smallest absolute Gasteiger partial charge is 0.404 e. The standard InChI is InChI=1S/C17H16N2O2/c20-17(21)19-11-15(12-4-2-1-3-5-12)13-6-7-16-14(10-13)8-9-18-16/h1-10,15,18-19H,11H2,(H,20,21). The van der Waals surface area contributed by atoms with E-state index in [2.05, 4.69) is 16.4 Å². The third-order valence-electron chi connectivity index (χ3n) is 3.64. The number of rotatable bonds is 4. The number of carbonyl (C=O) groups is 1. The van der Waals surface area contributed by atoms with Gasteiger partial charge < -0.3 is 15.4 Å². The maximum atomic E-state index is 10.8. The first-order valence-corrected chi connectivity index (χ1v) is 6.83. The normalized spacial score (nSPS) is 12.2. The van der Waals surface area contributed by atoms with Crippen LogP contribution in [0.3, 0.4) is 0 Å². The third kappa shape index (κ3) is 2.89. The highest BCUT2D eigenvalue weighted by Gasteiger charge is 2.15. The van der Waals surface area contributed by atoms with Crippen LogP contribution in [0.1, 0.15) is 17.0 Å². The molecule has 21 heavy (non-hydrogen) atoms. The number of fused-ring (bicyclic) bond motifs is 1. The molecular formula is C17H16N2O2. The molecule has 3 rings (SSSR count). The Kier molecular flexibility index (Phi) is 3.60. The van der Waals surface area contributed by atoms with E-state index in [4.69, 9.17) is 5.11 Å². The van der Waals surface area contributed by atoms with E-state index in [0.717, 1.165) is 22.0 Å². The predicted octanol–water partition coefficient (Wildman–Crippen LogP) is 3.57. The molecule has 2 aromatic carbocycles. The highest BCUT2D eigenvalue weighted by molar-refractivity contribution is 5.80. The summed E-state index contributed by atoms with van der Waals surface area (Å²) in [5, 5.41) is 12.5. The number of carboxylic acid groups (broad SMARTS) is 1. The topological polar surface area (TPSA) is 65.1 Å². The van der Waals surface area contributed by atoms with Crippen molar-refractivity contribution >= 4 is 17.0 Å². The summed E-state index contributed by atoms with van der Waals surface area (Å²) in [5.41, 5.74) is 3.28. The van der Waals surface area contributed by atoms with Gasteiger partial charge in [-0.2, -0.15) is 0 Å². The predicted molar refractivity (Wildman–Crippen MR) is 82.6 cm³/mol. The van der Waals surface area contributed by atoms with Gasteiger partial charge in [-0.3, -0.25) is 0 Å². The Bertz CT molecular complexity index is 750. The number of amides is 1. The highest BCUT2D eigenvalue weighted by Crippen LogP contribution is 2.26. The Hall–Kier alpha value is -2.75. The van der Waals surface area contributed by atoms with Crippen LogP contribution in [0.15, 0.2) is 60.8 Å². The molecule has 3 N–H and O–H groups in total. The summed E-state index contributed by atoms with van der Waals surface area (Å²) in [6.07, 6.45) is 0.903. The molecule has 1 heterocycles. The highest BCUT2D eigenvalue weighted by atomic mass is 16.4. The second kappa shape index (κ2) is 5.71. The molecule has 1 amide bonds. The molecular weight excluding hydrogens is 264 g/mol. The maximum absolute atomic E-state index is 10.8. The SMILES string of the molecule is O=C(O)NCC(c1ccccc1)c1ccc2[nH]ccc2c1. The minimum absolute atomic E-state index is 0.00148. The van der Waals surface area contributed by atoms with E-state index < -0.39 is 6.09 Å². The summed E-state index contributed by atoms with van der Waals surface area (Å²) in [5.74, 6) is 0.00148. The monoisotopic (exact) mass is 280 g/mol. The zero-order valence-electron chi connectivity index (χ0n) is 11.4. The number of aromatic amines is 1. The van der Waals surface area contributed by atoms with Crippen molar-refractivity contribution in [3.63, 3.8) is 0 Å². The molecule has 0 aliphatic heterocycles. The van der Waals surface area contributed by atoms with E-state index in [1.165, 1.54) is 0 Å². The van der Waals surface area contributed by atoms with Gasteiger partial charge in [0.1, 0.15) is 0 Å². The molecule has 0 radical (unpaired) electrons. The molecule has 0 aliphatic carbocycles. The van der Waals surface area contributed by atoms with E-state index in [0.29, 0.717) is 6.54 Å². The average Bonchev–Trinajstić information content (AvgIpc) is 2.96. The van der Waals surface area contributed by atoms with Gasteiger partial charge in [0.25, 0.3) is 0 Å². The fraction of sp³-hybridized carbons (Fsp3) is 0.118. The van der Waals surface area contributed by atoms with Crippen LogP contribution in [0.2, 0.25) is 0 Å². The van der Waals surface area contributed by atoms with Crippen LogP contribution in [0.5, 0.6) is 0 Å². The first-order chi connectivity index (χ1) is 10.2. The van der Waals surface area contributed by atoms with Crippen molar-refractivity contribution in [3.8, 4) is 0 Å². The Morgan fingerprint density at radius 1 is 1.10 bits per heavy atom. The van der Waals surface area contributed by atoms with Gasteiger partial charge in [0.05, 0.1) is 0 Å². The molecule has 1 atom stereocenters. The third-order valence-corrected chi connectivity index (χ3v) is 3.64. The van der Waals surface area contributed by atoms with Crippen LogP contribution in [0.4, 0.5) is 4.79 Å². The number of nitrogens with one attached hydrogen (secondary N) is 2. The first kappa shape index (κ1) is 13.2. The molecule has 0 spiro atoms. The molecule has 0 bridgehead atoms. The molecule has 4 heteroatoms. The Morgan fingerprint density at radius 3 is 2.67 bits per heavy atom. The van der Waals surface area contributed by atoms with Crippen molar-refractivity contribution in [3.05, 3.63) is 71.9 Å². The van der Waals surface area contributed by atoms with Gasteiger partial charge in [0, 0.05) is 24.2 Å². The Labute approximate surface area is 122 Å². The minimum Gasteiger partial charge on any atom is -0.465 e. The van der Waals surface area contributed by atoms with E-state index in [-0.39, 0.29) is 5.92 Å². The number of aromatic nitrogens is 1. The van der Waals surface area contributed by atoms with Crippen LogP contribution < -0.4 is 5.32 Å². The summed E-state index contributed by atoms with van der Waals surface area (Å²) in [4.78, 5) is 14.0. The van der Waals surface area contributed by atoms with Gasteiger partial charge in [0.2, 0.25) is 0 Å². The molecule has 0 saturated heterocycles. The maximum Gasteiger partial charge on any atom is 0.404 e. The van der Waals surface area contributed by atoms with Crippen molar-refractivity contribution in [1.29, 1.82) is 0 Å². The van der Waals surface area contributed by atoms with Crippen LogP contribution in [0, 0.1) is 0 Å². The summed E-state index contributed by atoms with van der Waals surface area (Å²) in [7, 11) is 0. The van der Waals surface area contributed by atoms with Crippen molar-refractivity contribution in [2.45, 2.75) is 5.92 Å². The second-order valence-electron chi connectivity index (χ2n) is 4.97. The quantitative estimate of drug-likeness (QED) is 0.684. The molecule has 0 saturated carbocycles. The summed E-state index contributed by atoms with van der Waals surface area (Å²) in [6, 6.07) is 18.1. The molecule has 0 fully saturated rings. The zero-order valence-corrected chi connectivity index (χ0v) is 11.4. The number of hydrogen-bond donors (Lipinski definition) is 3. The molecule has 106 valence electrons. The number of benzene rings is 2. The van der Waals surface area contributed by atoms with Crippen molar-refractivity contribution < 1.29 is 9.90 Å². The number of hydrogen-bond acceptors (Lipinski definition) is 1. The van der Waals surface area contributed by atoms with E-state index in [9.17, 15) is 4.79 Å². The van der Waals surface area contributed by atoms with E-state index in [1.54, 1.807) is 0 Å². The van der Waals surface area contributed by atoms with Crippen LogP contribution in [0.25, 0.3) is 10.9 Å². The van der Waals surface area contributed by atoms with Crippen molar-refractivity contribution in [2.24, 2.45) is 0 Å². The van der Waals surface area contributed by atoms with Gasteiger partial charge in [0.15, 0.2) is 0 Å². The summed E-state index contributed by atoms with van der Waals surface area (Å²) < 4.78 is 0. The van der Waals surface area contributed by atoms with Gasteiger partial charge >= 0.3 is 6.09 Å². The molecule has 0 aliphatic rings. The lowest BCUT2D eigenvalue weighted by Crippen LogP contribution is -2.27. The van der Waals surface area contributed by atoms with Crippen molar-refractivity contribution in [1.82, 2.24) is 10.3 Å². The largest absolute Gasteiger partial charge is 0.465 e. The molecule has 3 aromatic rings. The second-order valence-corrected chi connectivity index (χ2v) is 4.97. The first-order valence-electron chi connectivity index (χ1n) is 6.83. The summed E-state index contributed by atoms with van der Waals surface area (Å²) >= 11 is 0. The average molecular weight is 280 g/mol. The van der Waals surface area contributed by atoms with Gasteiger partial charge in [-0.05, 0) is 34.7 Å². The van der Waals surface area contributed by atoms with Crippen molar-refractivity contribution in [2.75, 3.05) is 6.54 Å².